The van der Waals surface area contributed by atoms with Crippen LogP contribution < -0.4 is 0 Å². The van der Waals surface area contributed by atoms with Crippen molar-refractivity contribution in [3.8, 4) is 0 Å². The van der Waals surface area contributed by atoms with Crippen LogP contribution in [-0.2, 0) is 15.7 Å². The molecule has 2 fully saturated rings. The summed E-state index contributed by atoms with van der Waals surface area (Å²) in [6, 6.07) is 1.09. The Labute approximate surface area is 166 Å². The first kappa shape index (κ1) is 20.1. The summed E-state index contributed by atoms with van der Waals surface area (Å²) in [6.45, 7) is 5.01. The predicted molar refractivity (Wildman–Crippen MR) is 98.4 cm³/mol. The minimum absolute atomic E-state index is 0.0849. The van der Waals surface area contributed by atoms with Crippen molar-refractivity contribution >= 4 is 17.0 Å². The maximum Gasteiger partial charge on any atom is 0.417 e. The maximum atomic E-state index is 13.8. The van der Waals surface area contributed by atoms with Gasteiger partial charge in [-0.3, -0.25) is 4.79 Å². The molecule has 4 heterocycles. The van der Waals surface area contributed by atoms with Crippen LogP contribution in [-0.4, -0.2) is 46.7 Å². The molecule has 2 aromatic rings. The van der Waals surface area contributed by atoms with Crippen molar-refractivity contribution < 1.29 is 27.2 Å². The number of piperidine rings is 1. The van der Waals surface area contributed by atoms with Gasteiger partial charge in [-0.25, -0.2) is 4.98 Å². The van der Waals surface area contributed by atoms with E-state index in [9.17, 15) is 18.0 Å². The van der Waals surface area contributed by atoms with Crippen LogP contribution in [0.25, 0.3) is 11.1 Å². The lowest BCUT2D eigenvalue weighted by Gasteiger charge is -2.33. The monoisotopic (exact) mass is 411 g/mol. The van der Waals surface area contributed by atoms with Gasteiger partial charge < -0.3 is 14.2 Å². The first-order valence-electron chi connectivity index (χ1n) is 10.0. The van der Waals surface area contributed by atoms with Gasteiger partial charge in [-0.2, -0.15) is 13.2 Å². The van der Waals surface area contributed by atoms with E-state index in [0.29, 0.717) is 44.7 Å². The van der Waals surface area contributed by atoms with E-state index in [2.05, 4.69) is 10.1 Å². The fraction of sp³-hybridized carbons (Fsp3) is 0.650. The van der Waals surface area contributed by atoms with Crippen molar-refractivity contribution in [1.29, 1.82) is 0 Å². The molecule has 9 heteroatoms. The van der Waals surface area contributed by atoms with E-state index in [0.717, 1.165) is 12.5 Å². The van der Waals surface area contributed by atoms with Crippen LogP contribution in [0.1, 0.15) is 68.3 Å². The van der Waals surface area contributed by atoms with E-state index in [4.69, 9.17) is 9.26 Å². The molecule has 2 atom stereocenters. The number of likely N-dealkylation sites (tertiary alicyclic amines) is 1. The highest BCUT2D eigenvalue weighted by atomic mass is 19.4. The van der Waals surface area contributed by atoms with Crippen LogP contribution in [0.3, 0.4) is 0 Å². The lowest BCUT2D eigenvalue weighted by atomic mass is 9.91. The summed E-state index contributed by atoms with van der Waals surface area (Å²) in [7, 11) is 0. The van der Waals surface area contributed by atoms with E-state index in [-0.39, 0.29) is 34.5 Å². The zero-order valence-electron chi connectivity index (χ0n) is 16.5. The fourth-order valence-electron chi connectivity index (χ4n) is 4.17. The molecule has 0 radical (unpaired) electrons. The molecule has 158 valence electrons. The molecule has 0 bridgehead atoms. The number of halogens is 3. The van der Waals surface area contributed by atoms with Gasteiger partial charge in [-0.05, 0) is 37.7 Å². The van der Waals surface area contributed by atoms with Crippen molar-refractivity contribution in [3.63, 3.8) is 0 Å². The highest BCUT2D eigenvalue weighted by Gasteiger charge is 2.39. The van der Waals surface area contributed by atoms with Gasteiger partial charge in [0.2, 0.25) is 0 Å². The van der Waals surface area contributed by atoms with Gasteiger partial charge in [-0.15, -0.1) is 0 Å². The van der Waals surface area contributed by atoms with Gasteiger partial charge in [0, 0.05) is 31.3 Å². The van der Waals surface area contributed by atoms with E-state index < -0.39 is 17.8 Å². The van der Waals surface area contributed by atoms with Gasteiger partial charge >= 0.3 is 6.18 Å². The van der Waals surface area contributed by atoms with Crippen LogP contribution in [0.4, 0.5) is 13.2 Å². The first-order chi connectivity index (χ1) is 13.8. The summed E-state index contributed by atoms with van der Waals surface area (Å²) < 4.78 is 52.2. The summed E-state index contributed by atoms with van der Waals surface area (Å²) >= 11 is 0. The third-order valence-electron chi connectivity index (χ3n) is 5.71. The van der Waals surface area contributed by atoms with E-state index in [1.807, 2.05) is 0 Å². The highest BCUT2D eigenvalue weighted by Crippen LogP contribution is 2.40. The Morgan fingerprint density at radius 1 is 1.28 bits per heavy atom. The molecule has 2 aromatic heterocycles. The number of ether oxygens (including phenoxy) is 1. The number of carbonyl (C=O) groups is 1. The van der Waals surface area contributed by atoms with Gasteiger partial charge in [0.05, 0.1) is 16.6 Å². The minimum Gasteiger partial charge on any atom is -0.368 e. The maximum absolute atomic E-state index is 13.8. The SMILES string of the molecule is CC(C)c1cc(C(F)(F)F)c2c([C@@H]3CCCN(C(=O)[C@H]4CCCO4)C3)noc2n1. The smallest absolute Gasteiger partial charge is 0.368 e. The van der Waals surface area contributed by atoms with Crippen LogP contribution >= 0.6 is 0 Å². The van der Waals surface area contributed by atoms with Crippen LogP contribution in [0.5, 0.6) is 0 Å². The van der Waals surface area contributed by atoms with Crippen molar-refractivity contribution in [2.45, 2.75) is 63.6 Å². The summed E-state index contributed by atoms with van der Waals surface area (Å²) in [4.78, 5) is 18.6. The number of hydrogen-bond acceptors (Lipinski definition) is 5. The number of carbonyl (C=O) groups excluding carboxylic acids is 1. The zero-order chi connectivity index (χ0) is 20.8. The number of aromatic nitrogens is 2. The summed E-state index contributed by atoms with van der Waals surface area (Å²) in [5.41, 5.74) is -0.322. The van der Waals surface area contributed by atoms with Crippen molar-refractivity contribution in [2.24, 2.45) is 0 Å². The average molecular weight is 411 g/mol. The van der Waals surface area contributed by atoms with Gasteiger partial charge in [0.25, 0.3) is 11.6 Å². The average Bonchev–Trinajstić information content (AvgIpc) is 3.35. The Balaban J connectivity index is 1.69. The normalized spacial score (nSPS) is 23.3. The van der Waals surface area contributed by atoms with Crippen LogP contribution in [0, 0.1) is 0 Å². The molecule has 0 aromatic carbocycles. The number of fused-ring (bicyclic) bond motifs is 1. The number of alkyl halides is 3. The second-order valence-corrected chi connectivity index (χ2v) is 8.12. The largest absolute Gasteiger partial charge is 0.417 e. The van der Waals surface area contributed by atoms with Gasteiger partial charge in [-0.1, -0.05) is 19.0 Å². The number of rotatable bonds is 3. The Morgan fingerprint density at radius 3 is 2.72 bits per heavy atom. The molecule has 1 amide bonds. The molecule has 0 spiro atoms. The molecule has 0 aliphatic carbocycles. The highest BCUT2D eigenvalue weighted by molar-refractivity contribution is 5.83. The lowest BCUT2D eigenvalue weighted by molar-refractivity contribution is -0.142. The lowest BCUT2D eigenvalue weighted by Crippen LogP contribution is -2.44. The molecule has 2 saturated heterocycles. The first-order valence-corrected chi connectivity index (χ1v) is 10.0. The molecule has 2 aliphatic heterocycles. The van der Waals surface area contributed by atoms with Crippen molar-refractivity contribution in [2.75, 3.05) is 19.7 Å². The molecule has 4 rings (SSSR count). The molecular weight excluding hydrogens is 387 g/mol. The Morgan fingerprint density at radius 2 is 2.07 bits per heavy atom. The quantitative estimate of drug-likeness (QED) is 0.755. The van der Waals surface area contributed by atoms with Gasteiger partial charge in [0.15, 0.2) is 0 Å². The summed E-state index contributed by atoms with van der Waals surface area (Å²) in [6.07, 6.45) is -2.12. The molecule has 6 nitrogen and oxygen atoms in total. The zero-order valence-corrected chi connectivity index (χ0v) is 16.5. The van der Waals surface area contributed by atoms with Crippen LogP contribution in [0.15, 0.2) is 10.6 Å². The Hall–Kier alpha value is -2.16. The molecule has 0 unspecified atom stereocenters. The van der Waals surface area contributed by atoms with E-state index in [1.54, 1.807) is 18.7 Å². The van der Waals surface area contributed by atoms with Crippen LogP contribution in [0.2, 0.25) is 0 Å². The van der Waals surface area contributed by atoms with Crippen molar-refractivity contribution in [3.05, 3.63) is 23.0 Å². The minimum atomic E-state index is -4.55. The van der Waals surface area contributed by atoms with E-state index >= 15 is 0 Å². The number of pyridine rings is 1. The molecule has 2 aliphatic rings. The number of amides is 1. The molecular formula is C20H24F3N3O3. The summed E-state index contributed by atoms with van der Waals surface area (Å²) in [5, 5.41) is 3.89. The second-order valence-electron chi connectivity index (χ2n) is 8.12. The molecule has 0 saturated carbocycles. The fourth-order valence-corrected chi connectivity index (χ4v) is 4.17. The Bertz CT molecular complexity index is 903. The number of hydrogen-bond donors (Lipinski definition) is 0. The van der Waals surface area contributed by atoms with Gasteiger partial charge in [0.1, 0.15) is 6.10 Å². The Kier molecular flexibility index (Phi) is 5.27. The van der Waals surface area contributed by atoms with E-state index in [1.165, 1.54) is 0 Å². The third kappa shape index (κ3) is 3.84. The molecule has 29 heavy (non-hydrogen) atoms. The predicted octanol–water partition coefficient (Wildman–Crippen LogP) is 4.25. The van der Waals surface area contributed by atoms with Crippen molar-refractivity contribution in [1.82, 2.24) is 15.0 Å². The standard InChI is InChI=1S/C20H24F3N3O3/c1-11(2)14-9-13(20(21,22)23)16-17(25-29-18(16)24-14)12-5-3-7-26(10-12)19(27)15-6-4-8-28-15/h9,11-12,15H,3-8,10H2,1-2H3/t12-,15-/m1/s1. The number of nitrogens with zero attached hydrogens (tertiary/aromatic N) is 3. The molecule has 0 N–H and O–H groups in total. The third-order valence-corrected chi connectivity index (χ3v) is 5.71. The summed E-state index contributed by atoms with van der Waals surface area (Å²) in [5.74, 6) is -0.595. The second kappa shape index (κ2) is 7.59. The topological polar surface area (TPSA) is 68.5 Å².